The second kappa shape index (κ2) is 2.20. The predicted molar refractivity (Wildman–Crippen MR) is 31.0 cm³/mol. The Morgan fingerprint density at radius 3 is 2.38 bits per heavy atom. The molecule has 1 aliphatic carbocycles. The molecule has 0 amide bonds. The van der Waals surface area contributed by atoms with E-state index in [1.807, 2.05) is 0 Å². The molecule has 0 aromatic heterocycles. The van der Waals surface area contributed by atoms with Crippen molar-refractivity contribution in [1.82, 2.24) is 0 Å². The molecule has 0 saturated carbocycles. The summed E-state index contributed by atoms with van der Waals surface area (Å²) in [6.45, 7) is 4.39. The fraction of sp³-hybridized carbons (Fsp3) is 0.429. The van der Waals surface area contributed by atoms with Crippen LogP contribution in [0.25, 0.3) is 0 Å². The standard InChI is InChI=1S/C7H9.Ti/c1-6-3-4-7(2)5-6;/h3-4,6H,1-2H3;. The normalized spacial score (nSPS) is 27.4. The zero-order valence-corrected chi connectivity index (χ0v) is 6.79. The topological polar surface area (TPSA) is 0 Å². The minimum atomic E-state index is 0.690. The third-order valence-corrected chi connectivity index (χ3v) is 2.84. The first-order chi connectivity index (χ1) is 3.72. The van der Waals surface area contributed by atoms with Crippen LogP contribution < -0.4 is 0 Å². The Bertz CT molecular complexity index is 154. The zero-order valence-electron chi connectivity index (χ0n) is 5.23. The summed E-state index contributed by atoms with van der Waals surface area (Å²) in [5.74, 6) is 0.690. The van der Waals surface area contributed by atoms with Crippen molar-refractivity contribution in [2.75, 3.05) is 0 Å². The predicted octanol–water partition coefficient (Wildman–Crippen LogP) is 2.01. The van der Waals surface area contributed by atoms with Crippen LogP contribution in [0.5, 0.6) is 0 Å². The van der Waals surface area contributed by atoms with Crippen LogP contribution in [-0.2, 0) is 20.4 Å². The monoisotopic (exact) mass is 141 g/mol. The van der Waals surface area contributed by atoms with Gasteiger partial charge in [0, 0.05) is 0 Å². The maximum absolute atomic E-state index is 2.24. The maximum atomic E-state index is 2.24. The molecule has 0 bridgehead atoms. The molecule has 0 heterocycles. The Hall–Kier alpha value is 0.194. The third kappa shape index (κ3) is 0.960. The van der Waals surface area contributed by atoms with E-state index in [9.17, 15) is 0 Å². The Kier molecular flexibility index (Phi) is 1.74. The molecule has 0 aromatic carbocycles. The van der Waals surface area contributed by atoms with E-state index in [4.69, 9.17) is 0 Å². The van der Waals surface area contributed by atoms with Crippen molar-refractivity contribution < 1.29 is 20.4 Å². The van der Waals surface area contributed by atoms with E-state index in [-0.39, 0.29) is 0 Å². The van der Waals surface area contributed by atoms with Crippen molar-refractivity contribution in [3.8, 4) is 0 Å². The van der Waals surface area contributed by atoms with Crippen LogP contribution in [0.15, 0.2) is 21.6 Å². The molecule has 8 heavy (non-hydrogen) atoms. The van der Waals surface area contributed by atoms with Crippen molar-refractivity contribution in [1.29, 1.82) is 0 Å². The molecule has 0 saturated heterocycles. The molecular formula is C7H9Ti. The molecule has 1 unspecified atom stereocenters. The van der Waals surface area contributed by atoms with Crippen LogP contribution in [-0.4, -0.2) is 0 Å². The van der Waals surface area contributed by atoms with E-state index in [1.165, 1.54) is 9.45 Å². The van der Waals surface area contributed by atoms with Gasteiger partial charge < -0.3 is 0 Å². The third-order valence-electron chi connectivity index (χ3n) is 1.52. The van der Waals surface area contributed by atoms with Crippen LogP contribution >= 0.6 is 0 Å². The van der Waals surface area contributed by atoms with Crippen molar-refractivity contribution in [3.05, 3.63) is 21.6 Å². The second-order valence-corrected chi connectivity index (χ2v) is 3.09. The molecule has 1 aliphatic rings. The van der Waals surface area contributed by atoms with Gasteiger partial charge in [-0.2, -0.15) is 0 Å². The van der Waals surface area contributed by atoms with Gasteiger partial charge in [-0.25, -0.2) is 0 Å². The molecule has 0 aliphatic heterocycles. The number of allylic oxidation sites excluding steroid dienone is 4. The molecule has 41 valence electrons. The summed E-state index contributed by atoms with van der Waals surface area (Å²) in [5.41, 5.74) is 1.44. The van der Waals surface area contributed by atoms with Gasteiger partial charge in [0.1, 0.15) is 0 Å². The number of rotatable bonds is 0. The van der Waals surface area contributed by atoms with Crippen molar-refractivity contribution in [3.63, 3.8) is 0 Å². The summed E-state index contributed by atoms with van der Waals surface area (Å²) in [7, 11) is 0. The second-order valence-electron chi connectivity index (χ2n) is 2.24. The van der Waals surface area contributed by atoms with Gasteiger partial charge in [-0.05, 0) is 0 Å². The molecule has 0 N–H and O–H groups in total. The SMILES string of the molecule is CC1=[C]([Ti])C(C)C=C1. The van der Waals surface area contributed by atoms with E-state index in [1.54, 1.807) is 0 Å². The van der Waals surface area contributed by atoms with Crippen molar-refractivity contribution >= 4 is 0 Å². The first-order valence-electron chi connectivity index (χ1n) is 2.82. The van der Waals surface area contributed by atoms with Gasteiger partial charge in [-0.15, -0.1) is 0 Å². The fourth-order valence-electron chi connectivity index (χ4n) is 0.834. The van der Waals surface area contributed by atoms with Gasteiger partial charge in [-0.1, -0.05) is 0 Å². The first-order valence-corrected chi connectivity index (χ1v) is 3.60. The molecule has 0 radical (unpaired) electrons. The first kappa shape index (κ1) is 6.32. The van der Waals surface area contributed by atoms with E-state index in [2.05, 4.69) is 46.4 Å². The van der Waals surface area contributed by atoms with E-state index in [0.29, 0.717) is 5.92 Å². The molecule has 0 fully saturated rings. The van der Waals surface area contributed by atoms with Gasteiger partial charge in [0.15, 0.2) is 0 Å². The fourth-order valence-corrected chi connectivity index (χ4v) is 1.11. The van der Waals surface area contributed by atoms with E-state index in [0.717, 1.165) is 0 Å². The van der Waals surface area contributed by atoms with Gasteiger partial charge in [0.25, 0.3) is 0 Å². The molecule has 0 spiro atoms. The minimum absolute atomic E-state index is 0.690. The Morgan fingerprint density at radius 1 is 1.62 bits per heavy atom. The summed E-state index contributed by atoms with van der Waals surface area (Å²) in [6, 6.07) is 0. The van der Waals surface area contributed by atoms with Gasteiger partial charge >= 0.3 is 61.8 Å². The van der Waals surface area contributed by atoms with Gasteiger partial charge in [0.2, 0.25) is 0 Å². The van der Waals surface area contributed by atoms with Crippen LogP contribution in [0, 0.1) is 5.92 Å². The average molecular weight is 141 g/mol. The van der Waals surface area contributed by atoms with Crippen LogP contribution in [0.2, 0.25) is 0 Å². The molecule has 0 aromatic rings. The number of hydrogen-bond donors (Lipinski definition) is 0. The summed E-state index contributed by atoms with van der Waals surface area (Å²) in [5, 5.41) is 0. The van der Waals surface area contributed by atoms with Crippen LogP contribution in [0.1, 0.15) is 13.8 Å². The number of hydrogen-bond acceptors (Lipinski definition) is 0. The van der Waals surface area contributed by atoms with Crippen LogP contribution in [0.4, 0.5) is 0 Å². The quantitative estimate of drug-likeness (QED) is 0.452. The molecule has 0 nitrogen and oxygen atoms in total. The zero-order chi connectivity index (χ0) is 6.15. The Balaban J connectivity index is 2.85. The molecular weight excluding hydrogens is 132 g/mol. The van der Waals surface area contributed by atoms with E-state index < -0.39 is 0 Å². The van der Waals surface area contributed by atoms with Crippen molar-refractivity contribution in [2.45, 2.75) is 13.8 Å². The summed E-state index contributed by atoms with van der Waals surface area (Å²) >= 11 is 2.19. The Morgan fingerprint density at radius 2 is 2.25 bits per heavy atom. The van der Waals surface area contributed by atoms with E-state index >= 15 is 0 Å². The van der Waals surface area contributed by atoms with Crippen molar-refractivity contribution in [2.24, 2.45) is 5.92 Å². The summed E-state index contributed by atoms with van der Waals surface area (Å²) in [4.78, 5) is 0. The molecule has 1 atom stereocenters. The van der Waals surface area contributed by atoms with Crippen LogP contribution in [0.3, 0.4) is 0 Å². The van der Waals surface area contributed by atoms with Gasteiger partial charge in [-0.3, -0.25) is 0 Å². The average Bonchev–Trinajstić information content (AvgIpc) is 1.98. The molecule has 1 heteroatoms. The Labute approximate surface area is 62.1 Å². The summed E-state index contributed by atoms with van der Waals surface area (Å²) < 4.78 is 1.52. The summed E-state index contributed by atoms with van der Waals surface area (Å²) in [6.07, 6.45) is 4.44. The van der Waals surface area contributed by atoms with Gasteiger partial charge in [0.05, 0.1) is 0 Å². The molecule has 1 rings (SSSR count).